The predicted octanol–water partition coefficient (Wildman–Crippen LogP) is 0.991. The van der Waals surface area contributed by atoms with Crippen molar-refractivity contribution in [3.05, 3.63) is 46.5 Å². The van der Waals surface area contributed by atoms with E-state index in [1.165, 1.54) is 30.5 Å². The summed E-state index contributed by atoms with van der Waals surface area (Å²) >= 11 is 0. The lowest BCUT2D eigenvalue weighted by Crippen LogP contribution is -2.23. The number of aliphatic imine (C=N–C) groups is 1. The number of carbonyl (C=O) groups is 1. The Kier molecular flexibility index (Phi) is 4.57. The Morgan fingerprint density at radius 3 is 2.77 bits per heavy atom. The number of hydrogen-bond acceptors (Lipinski definition) is 5. The molecule has 0 saturated carbocycles. The van der Waals surface area contributed by atoms with Crippen molar-refractivity contribution >= 4 is 18.4 Å². The van der Waals surface area contributed by atoms with Crippen LogP contribution in [0, 0.1) is 0 Å². The number of ether oxygens (including phenoxy) is 1. The summed E-state index contributed by atoms with van der Waals surface area (Å²) in [5.41, 5.74) is 4.88. The molecule has 0 radical (unpaired) electrons. The van der Waals surface area contributed by atoms with Gasteiger partial charge in [0.05, 0.1) is 11.3 Å². The first-order valence-electron chi connectivity index (χ1n) is 5.93. The second-order valence-electron chi connectivity index (χ2n) is 3.96. The van der Waals surface area contributed by atoms with Crippen LogP contribution in [0.15, 0.2) is 40.2 Å². The van der Waals surface area contributed by atoms with Gasteiger partial charge in [-0.05, 0) is 18.2 Å². The molecule has 0 aliphatic carbocycles. The summed E-state index contributed by atoms with van der Waals surface area (Å²) < 4.78 is 30.3. The lowest BCUT2D eigenvalue weighted by molar-refractivity contribution is -0.106. The van der Waals surface area contributed by atoms with Crippen molar-refractivity contribution in [2.24, 2.45) is 4.99 Å². The van der Waals surface area contributed by atoms with E-state index in [0.717, 1.165) is 10.8 Å². The van der Waals surface area contributed by atoms with E-state index < -0.39 is 12.3 Å². The molecule has 1 aromatic carbocycles. The molecule has 0 unspecified atom stereocenters. The molecule has 9 heteroatoms. The van der Waals surface area contributed by atoms with Crippen LogP contribution >= 0.6 is 0 Å². The summed E-state index contributed by atoms with van der Waals surface area (Å²) in [5.74, 6) is -0.217. The maximum absolute atomic E-state index is 12.5. The van der Waals surface area contributed by atoms with Gasteiger partial charge in [0.15, 0.2) is 0 Å². The van der Waals surface area contributed by atoms with Gasteiger partial charge in [-0.15, -0.1) is 0 Å². The highest BCUT2D eigenvalue weighted by Crippen LogP contribution is 2.24. The number of benzene rings is 1. The summed E-state index contributed by atoms with van der Waals surface area (Å²) in [6, 6.07) is 5.50. The number of anilines is 1. The average Bonchev–Trinajstić information content (AvgIpc) is 2.45. The zero-order valence-corrected chi connectivity index (χ0v) is 11.0. The van der Waals surface area contributed by atoms with Gasteiger partial charge in [0.25, 0.3) is 0 Å². The Bertz CT molecular complexity index is 774. The molecule has 114 valence electrons. The Labute approximate surface area is 122 Å². The fourth-order valence-electron chi connectivity index (χ4n) is 1.78. The highest BCUT2D eigenvalue weighted by atomic mass is 19.3. The van der Waals surface area contributed by atoms with Crippen molar-refractivity contribution in [1.82, 2.24) is 9.55 Å². The maximum Gasteiger partial charge on any atom is 0.387 e. The van der Waals surface area contributed by atoms with Gasteiger partial charge in [0, 0.05) is 12.4 Å². The number of alkyl halides is 2. The Hall–Kier alpha value is -3.10. The van der Waals surface area contributed by atoms with Crippen LogP contribution in [0.4, 0.5) is 14.6 Å². The van der Waals surface area contributed by atoms with E-state index in [0.29, 0.717) is 0 Å². The van der Waals surface area contributed by atoms with Crippen LogP contribution in [0.5, 0.6) is 5.75 Å². The van der Waals surface area contributed by atoms with Crippen LogP contribution in [-0.2, 0) is 4.79 Å². The monoisotopic (exact) mass is 308 g/mol. The molecule has 0 aliphatic rings. The summed E-state index contributed by atoms with van der Waals surface area (Å²) in [7, 11) is 0. The standard InChI is InChI=1S/C13H10F2N4O3/c14-12(15)22-10-3-1-2-9(8(10)6-17-7-20)19-5-4-11(16)18-13(19)21/h1-7,12H,(H2,16,18,21)/b17-6+. The second-order valence-corrected chi connectivity index (χ2v) is 3.96. The van der Waals surface area contributed by atoms with Crippen molar-refractivity contribution in [3.8, 4) is 11.4 Å². The largest absolute Gasteiger partial charge is 0.434 e. The first kappa shape index (κ1) is 15.3. The van der Waals surface area contributed by atoms with Gasteiger partial charge in [-0.25, -0.2) is 9.79 Å². The molecule has 7 nitrogen and oxygen atoms in total. The van der Waals surface area contributed by atoms with Crippen molar-refractivity contribution in [3.63, 3.8) is 0 Å². The van der Waals surface area contributed by atoms with Crippen LogP contribution in [0.1, 0.15) is 5.56 Å². The van der Waals surface area contributed by atoms with E-state index in [1.54, 1.807) is 0 Å². The summed E-state index contributed by atoms with van der Waals surface area (Å²) in [4.78, 5) is 29.2. The molecule has 0 aliphatic heterocycles. The molecule has 1 heterocycles. The van der Waals surface area contributed by atoms with Gasteiger partial charge in [-0.1, -0.05) is 6.07 Å². The van der Waals surface area contributed by atoms with Crippen LogP contribution in [0.2, 0.25) is 0 Å². The first-order chi connectivity index (χ1) is 10.5. The molecule has 0 bridgehead atoms. The molecule has 2 N–H and O–H groups in total. The van der Waals surface area contributed by atoms with E-state index >= 15 is 0 Å². The number of nitrogens with zero attached hydrogens (tertiary/aromatic N) is 3. The van der Waals surface area contributed by atoms with Crippen molar-refractivity contribution in [2.75, 3.05) is 5.73 Å². The van der Waals surface area contributed by atoms with E-state index in [1.807, 2.05) is 0 Å². The maximum atomic E-state index is 12.5. The van der Waals surface area contributed by atoms with Gasteiger partial charge < -0.3 is 10.5 Å². The van der Waals surface area contributed by atoms with E-state index in [-0.39, 0.29) is 29.2 Å². The SMILES string of the molecule is Nc1ccn(-c2cccc(OC(F)F)c2/C=N/C=O)c(=O)n1. The highest BCUT2D eigenvalue weighted by Gasteiger charge is 2.14. The van der Waals surface area contributed by atoms with Gasteiger partial charge in [-0.2, -0.15) is 13.8 Å². The van der Waals surface area contributed by atoms with Gasteiger partial charge in [0.2, 0.25) is 6.41 Å². The predicted molar refractivity (Wildman–Crippen MR) is 74.5 cm³/mol. The molecule has 0 fully saturated rings. The van der Waals surface area contributed by atoms with Crippen LogP contribution in [0.3, 0.4) is 0 Å². The quantitative estimate of drug-likeness (QED) is 0.656. The average molecular weight is 308 g/mol. The summed E-state index contributed by atoms with van der Waals surface area (Å²) in [6.45, 7) is -3.07. The van der Waals surface area contributed by atoms with Gasteiger partial charge in [0.1, 0.15) is 11.6 Å². The van der Waals surface area contributed by atoms with E-state index in [2.05, 4.69) is 14.7 Å². The molecular weight excluding hydrogens is 298 g/mol. The Morgan fingerprint density at radius 2 is 2.14 bits per heavy atom. The highest BCUT2D eigenvalue weighted by molar-refractivity contribution is 5.92. The van der Waals surface area contributed by atoms with Crippen LogP contribution in [0.25, 0.3) is 5.69 Å². The number of halogens is 2. The van der Waals surface area contributed by atoms with Gasteiger partial charge in [-0.3, -0.25) is 9.36 Å². The molecule has 22 heavy (non-hydrogen) atoms. The van der Waals surface area contributed by atoms with Gasteiger partial charge >= 0.3 is 12.3 Å². The van der Waals surface area contributed by atoms with E-state index in [4.69, 9.17) is 5.73 Å². The molecule has 0 saturated heterocycles. The topological polar surface area (TPSA) is 99.6 Å². The fourth-order valence-corrected chi connectivity index (χ4v) is 1.78. The third-order valence-electron chi connectivity index (χ3n) is 2.61. The number of amides is 1. The third kappa shape index (κ3) is 3.32. The fraction of sp³-hybridized carbons (Fsp3) is 0.0769. The number of hydrogen-bond donors (Lipinski definition) is 1. The zero-order chi connectivity index (χ0) is 16.1. The molecule has 2 aromatic rings. The first-order valence-corrected chi connectivity index (χ1v) is 5.93. The number of nitrogen functional groups attached to an aromatic ring is 1. The molecule has 1 amide bonds. The molecule has 0 spiro atoms. The molecule has 1 aromatic heterocycles. The zero-order valence-electron chi connectivity index (χ0n) is 11.0. The molecular formula is C13H10F2N4O3. The van der Waals surface area contributed by atoms with Crippen molar-refractivity contribution in [1.29, 1.82) is 0 Å². The number of nitrogens with two attached hydrogens (primary N) is 1. The Balaban J connectivity index is 2.66. The summed E-state index contributed by atoms with van der Waals surface area (Å²) in [5, 5.41) is 0. The van der Waals surface area contributed by atoms with Crippen molar-refractivity contribution in [2.45, 2.75) is 6.61 Å². The third-order valence-corrected chi connectivity index (χ3v) is 2.61. The van der Waals surface area contributed by atoms with E-state index in [9.17, 15) is 18.4 Å². The number of rotatable bonds is 5. The molecule has 0 atom stereocenters. The van der Waals surface area contributed by atoms with Crippen LogP contribution < -0.4 is 16.2 Å². The summed E-state index contributed by atoms with van der Waals surface area (Å²) in [6.07, 6.45) is 2.57. The normalized spacial score (nSPS) is 11.0. The second kappa shape index (κ2) is 6.57. The van der Waals surface area contributed by atoms with Crippen molar-refractivity contribution < 1.29 is 18.3 Å². The smallest absolute Gasteiger partial charge is 0.387 e. The minimum atomic E-state index is -3.07. The lowest BCUT2D eigenvalue weighted by Gasteiger charge is -2.13. The Morgan fingerprint density at radius 1 is 1.36 bits per heavy atom. The molecule has 2 rings (SSSR count). The van der Waals surface area contributed by atoms with Crippen LogP contribution in [-0.4, -0.2) is 28.8 Å². The minimum absolute atomic E-state index is 0.0179. The minimum Gasteiger partial charge on any atom is -0.434 e. The number of aromatic nitrogens is 2. The number of carbonyl (C=O) groups excluding carboxylic acids is 1. The lowest BCUT2D eigenvalue weighted by atomic mass is 10.1.